The van der Waals surface area contributed by atoms with Crippen molar-refractivity contribution in [2.24, 2.45) is 0 Å². The number of halogens is 2. The molecule has 0 spiro atoms. The zero-order valence-electron chi connectivity index (χ0n) is 12.0. The maximum atomic E-state index is 12.6. The van der Waals surface area contributed by atoms with Crippen LogP contribution >= 0.6 is 23.2 Å². The van der Waals surface area contributed by atoms with Crippen molar-refractivity contribution in [2.45, 2.75) is 18.4 Å². The zero-order valence-corrected chi connectivity index (χ0v) is 13.5. The summed E-state index contributed by atoms with van der Waals surface area (Å²) in [6.07, 6.45) is 1.71. The van der Waals surface area contributed by atoms with Crippen molar-refractivity contribution in [1.29, 1.82) is 0 Å². The van der Waals surface area contributed by atoms with Crippen molar-refractivity contribution in [3.8, 4) is 5.75 Å². The summed E-state index contributed by atoms with van der Waals surface area (Å²) in [5.41, 5.74) is 1.02. The smallest absolute Gasteiger partial charge is 0.255 e. The van der Waals surface area contributed by atoms with Gasteiger partial charge in [0.2, 0.25) is 0 Å². The molecule has 1 aliphatic carbocycles. The van der Waals surface area contributed by atoms with E-state index in [1.54, 1.807) is 31.4 Å². The van der Waals surface area contributed by atoms with E-state index in [4.69, 9.17) is 27.9 Å². The Labute approximate surface area is 139 Å². The van der Waals surface area contributed by atoms with Gasteiger partial charge in [-0.2, -0.15) is 0 Å². The highest BCUT2D eigenvalue weighted by Gasteiger charge is 2.47. The van der Waals surface area contributed by atoms with Gasteiger partial charge in [0.05, 0.1) is 18.2 Å². The molecule has 114 valence electrons. The van der Waals surface area contributed by atoms with E-state index in [1.165, 1.54) is 0 Å². The van der Waals surface area contributed by atoms with Crippen LogP contribution in [0, 0.1) is 0 Å². The van der Waals surface area contributed by atoms with Crippen molar-refractivity contribution in [3.63, 3.8) is 0 Å². The second kappa shape index (κ2) is 5.82. The number of methoxy groups -OCH3 is 1. The first-order valence-corrected chi connectivity index (χ1v) is 7.72. The number of benzene rings is 2. The molecule has 0 unspecified atom stereocenters. The van der Waals surface area contributed by atoms with E-state index in [0.29, 0.717) is 21.4 Å². The Kier molecular flexibility index (Phi) is 4.02. The third-order valence-corrected chi connectivity index (χ3v) is 4.45. The zero-order chi connectivity index (χ0) is 15.7. The monoisotopic (exact) mass is 335 g/mol. The van der Waals surface area contributed by atoms with Crippen LogP contribution in [0.2, 0.25) is 10.0 Å². The van der Waals surface area contributed by atoms with Gasteiger partial charge in [-0.15, -0.1) is 0 Å². The van der Waals surface area contributed by atoms with Gasteiger partial charge in [0.15, 0.2) is 0 Å². The molecule has 3 rings (SSSR count). The minimum absolute atomic E-state index is 0.166. The molecular weight excluding hydrogens is 321 g/mol. The standard InChI is InChI=1S/C17H15Cl2NO2/c1-22-15-5-3-2-4-12(15)16(21)20-17(8-9-17)13-7-6-11(18)10-14(13)19/h2-7,10H,8-9H2,1H3,(H,20,21). The predicted molar refractivity (Wildman–Crippen MR) is 87.8 cm³/mol. The fraction of sp³-hybridized carbons (Fsp3) is 0.235. The Bertz CT molecular complexity index is 726. The van der Waals surface area contributed by atoms with Crippen LogP contribution in [0.1, 0.15) is 28.8 Å². The van der Waals surface area contributed by atoms with Crippen LogP contribution in [0.5, 0.6) is 5.75 Å². The van der Waals surface area contributed by atoms with Crippen LogP contribution in [-0.4, -0.2) is 13.0 Å². The first-order valence-electron chi connectivity index (χ1n) is 6.97. The third-order valence-electron chi connectivity index (χ3n) is 3.90. The summed E-state index contributed by atoms with van der Waals surface area (Å²) < 4.78 is 5.24. The lowest BCUT2D eigenvalue weighted by molar-refractivity contribution is 0.0928. The average molecular weight is 336 g/mol. The summed E-state index contributed by atoms with van der Waals surface area (Å²) >= 11 is 12.2. The SMILES string of the molecule is COc1ccccc1C(=O)NC1(c2ccc(Cl)cc2Cl)CC1. The number of hydrogen-bond donors (Lipinski definition) is 1. The Morgan fingerprint density at radius 2 is 1.91 bits per heavy atom. The lowest BCUT2D eigenvalue weighted by atomic mass is 10.0. The number of para-hydroxylation sites is 1. The van der Waals surface area contributed by atoms with Crippen molar-refractivity contribution >= 4 is 29.1 Å². The van der Waals surface area contributed by atoms with Gasteiger partial charge in [-0.25, -0.2) is 0 Å². The van der Waals surface area contributed by atoms with Crippen molar-refractivity contribution < 1.29 is 9.53 Å². The van der Waals surface area contributed by atoms with E-state index >= 15 is 0 Å². The molecule has 0 saturated heterocycles. The first kappa shape index (κ1) is 15.2. The summed E-state index contributed by atoms with van der Waals surface area (Å²) in [6.45, 7) is 0. The average Bonchev–Trinajstić information content (AvgIpc) is 3.27. The molecule has 0 aliphatic heterocycles. The maximum Gasteiger partial charge on any atom is 0.255 e. The highest BCUT2D eigenvalue weighted by atomic mass is 35.5. The molecule has 0 heterocycles. The van der Waals surface area contributed by atoms with Gasteiger partial charge in [0.1, 0.15) is 5.75 Å². The van der Waals surface area contributed by atoms with Gasteiger partial charge >= 0.3 is 0 Å². The fourth-order valence-corrected chi connectivity index (χ4v) is 3.17. The largest absolute Gasteiger partial charge is 0.496 e. The maximum absolute atomic E-state index is 12.6. The molecule has 5 heteroatoms. The quantitative estimate of drug-likeness (QED) is 0.897. The number of ether oxygens (including phenoxy) is 1. The number of hydrogen-bond acceptors (Lipinski definition) is 2. The molecule has 1 aliphatic rings. The van der Waals surface area contributed by atoms with Crippen LogP contribution in [-0.2, 0) is 5.54 Å². The van der Waals surface area contributed by atoms with Crippen LogP contribution < -0.4 is 10.1 Å². The number of carbonyl (C=O) groups is 1. The molecule has 0 atom stereocenters. The van der Waals surface area contributed by atoms with Crippen LogP contribution in [0.3, 0.4) is 0 Å². The van der Waals surface area contributed by atoms with Crippen molar-refractivity contribution in [2.75, 3.05) is 7.11 Å². The van der Waals surface area contributed by atoms with E-state index in [9.17, 15) is 4.79 Å². The van der Waals surface area contributed by atoms with E-state index < -0.39 is 5.54 Å². The number of amides is 1. The molecular formula is C17H15Cl2NO2. The summed E-state index contributed by atoms with van der Waals surface area (Å²) in [7, 11) is 1.55. The van der Waals surface area contributed by atoms with Crippen molar-refractivity contribution in [1.82, 2.24) is 5.32 Å². The molecule has 2 aromatic rings. The van der Waals surface area contributed by atoms with Crippen LogP contribution in [0.25, 0.3) is 0 Å². The molecule has 0 bridgehead atoms. The Balaban J connectivity index is 1.87. The molecule has 1 fully saturated rings. The summed E-state index contributed by atoms with van der Waals surface area (Å²) in [5.74, 6) is 0.388. The lowest BCUT2D eigenvalue weighted by Gasteiger charge is -2.20. The summed E-state index contributed by atoms with van der Waals surface area (Å²) in [5, 5.41) is 4.25. The highest BCUT2D eigenvalue weighted by molar-refractivity contribution is 6.35. The minimum atomic E-state index is -0.403. The summed E-state index contributed by atoms with van der Waals surface area (Å²) in [4.78, 5) is 12.6. The van der Waals surface area contributed by atoms with Crippen LogP contribution in [0.15, 0.2) is 42.5 Å². The van der Waals surface area contributed by atoms with E-state index in [2.05, 4.69) is 5.32 Å². The fourth-order valence-electron chi connectivity index (χ4n) is 2.58. The van der Waals surface area contributed by atoms with Crippen molar-refractivity contribution in [3.05, 3.63) is 63.6 Å². The van der Waals surface area contributed by atoms with E-state index in [-0.39, 0.29) is 5.91 Å². The van der Waals surface area contributed by atoms with Crippen LogP contribution in [0.4, 0.5) is 0 Å². The van der Waals surface area contributed by atoms with Gasteiger partial charge in [0.25, 0.3) is 5.91 Å². The molecule has 0 aromatic heterocycles. The molecule has 2 aromatic carbocycles. The van der Waals surface area contributed by atoms with E-state index in [0.717, 1.165) is 18.4 Å². The Morgan fingerprint density at radius 3 is 2.55 bits per heavy atom. The molecule has 1 amide bonds. The molecule has 1 N–H and O–H groups in total. The van der Waals surface area contributed by atoms with Gasteiger partial charge in [0, 0.05) is 10.0 Å². The van der Waals surface area contributed by atoms with Gasteiger partial charge in [-0.05, 0) is 42.7 Å². The lowest BCUT2D eigenvalue weighted by Crippen LogP contribution is -2.35. The van der Waals surface area contributed by atoms with Gasteiger partial charge in [-0.3, -0.25) is 4.79 Å². The Hall–Kier alpha value is -1.71. The second-order valence-electron chi connectivity index (χ2n) is 5.36. The number of carbonyl (C=O) groups excluding carboxylic acids is 1. The number of rotatable bonds is 4. The molecule has 0 radical (unpaired) electrons. The normalized spacial score (nSPS) is 15.2. The highest BCUT2D eigenvalue weighted by Crippen LogP contribution is 2.48. The third kappa shape index (κ3) is 2.79. The number of nitrogens with one attached hydrogen (secondary N) is 1. The molecule has 1 saturated carbocycles. The Morgan fingerprint density at radius 1 is 1.18 bits per heavy atom. The molecule has 3 nitrogen and oxygen atoms in total. The summed E-state index contributed by atoms with van der Waals surface area (Å²) in [6, 6.07) is 12.5. The van der Waals surface area contributed by atoms with Gasteiger partial charge in [-0.1, -0.05) is 41.4 Å². The molecule has 22 heavy (non-hydrogen) atoms. The second-order valence-corrected chi connectivity index (χ2v) is 6.20. The predicted octanol–water partition coefficient (Wildman–Crippen LogP) is 4.42. The van der Waals surface area contributed by atoms with E-state index in [1.807, 2.05) is 18.2 Å². The van der Waals surface area contributed by atoms with Gasteiger partial charge < -0.3 is 10.1 Å². The first-order chi connectivity index (χ1) is 10.6. The topological polar surface area (TPSA) is 38.3 Å². The minimum Gasteiger partial charge on any atom is -0.496 e.